The second kappa shape index (κ2) is 9.03. The van der Waals surface area contributed by atoms with Crippen LogP contribution in [-0.2, 0) is 10.3 Å². The van der Waals surface area contributed by atoms with E-state index in [0.29, 0.717) is 17.6 Å². The van der Waals surface area contributed by atoms with E-state index in [1.807, 2.05) is 12.1 Å². The molecule has 1 aromatic rings. The highest BCUT2D eigenvalue weighted by Gasteiger charge is 2.26. The van der Waals surface area contributed by atoms with Crippen LogP contribution in [0.1, 0.15) is 68.4 Å². The Morgan fingerprint density at radius 1 is 1.35 bits per heavy atom. The van der Waals surface area contributed by atoms with Crippen LogP contribution < -0.4 is 11.1 Å². The molecule has 0 fully saturated rings. The first-order valence-corrected chi connectivity index (χ1v) is 9.04. The average molecular weight is 381 g/mol. The van der Waals surface area contributed by atoms with Gasteiger partial charge in [0.25, 0.3) is 0 Å². The van der Waals surface area contributed by atoms with E-state index in [0.717, 1.165) is 36.9 Å². The second-order valence-electron chi connectivity index (χ2n) is 8.27. The average Bonchev–Trinajstić information content (AvgIpc) is 2.54. The molecular formula is C21H33ClN2O2. The van der Waals surface area contributed by atoms with E-state index in [2.05, 4.69) is 45.2 Å². The molecule has 4 nitrogen and oxygen atoms in total. The molecule has 0 spiro atoms. The van der Waals surface area contributed by atoms with Gasteiger partial charge in [-0.2, -0.15) is 0 Å². The number of hydrogen-bond donors (Lipinski definition) is 2. The fourth-order valence-corrected chi connectivity index (χ4v) is 3.30. The predicted octanol–water partition coefficient (Wildman–Crippen LogP) is 4.27. The van der Waals surface area contributed by atoms with Gasteiger partial charge < -0.3 is 15.8 Å². The van der Waals surface area contributed by atoms with Crippen LogP contribution in [0.2, 0.25) is 0 Å². The number of amides is 1. The Bertz CT molecular complexity index is 666. The van der Waals surface area contributed by atoms with Crippen LogP contribution in [0, 0.1) is 5.41 Å². The van der Waals surface area contributed by atoms with Gasteiger partial charge in [-0.05, 0) is 67.4 Å². The van der Waals surface area contributed by atoms with Gasteiger partial charge in [-0.3, -0.25) is 4.79 Å². The maximum atomic E-state index is 11.9. The summed E-state index contributed by atoms with van der Waals surface area (Å²) in [4.78, 5) is 11.9. The van der Waals surface area contributed by atoms with Gasteiger partial charge in [-0.15, -0.1) is 12.4 Å². The molecule has 3 N–H and O–H groups in total. The highest BCUT2D eigenvalue weighted by atomic mass is 35.5. The van der Waals surface area contributed by atoms with Crippen molar-refractivity contribution in [1.29, 1.82) is 0 Å². The largest absolute Gasteiger partial charge is 0.383 e. The van der Waals surface area contributed by atoms with Crippen LogP contribution in [0.3, 0.4) is 0 Å². The van der Waals surface area contributed by atoms with Crippen molar-refractivity contribution in [2.45, 2.75) is 52.5 Å². The number of primary amides is 1. The lowest BCUT2D eigenvalue weighted by Gasteiger charge is -2.31. The Morgan fingerprint density at radius 3 is 2.58 bits per heavy atom. The Hall–Kier alpha value is -1.36. The maximum absolute atomic E-state index is 11.9. The van der Waals surface area contributed by atoms with Crippen LogP contribution in [0.25, 0.3) is 5.57 Å². The number of benzene rings is 1. The monoisotopic (exact) mass is 380 g/mol. The predicted molar refractivity (Wildman–Crippen MR) is 111 cm³/mol. The van der Waals surface area contributed by atoms with E-state index in [9.17, 15) is 4.79 Å². The molecule has 0 saturated heterocycles. The lowest BCUT2D eigenvalue weighted by atomic mass is 9.76. The van der Waals surface area contributed by atoms with Crippen molar-refractivity contribution < 1.29 is 9.53 Å². The molecule has 0 aliphatic heterocycles. The molecule has 0 heterocycles. The molecule has 1 aliphatic rings. The Morgan fingerprint density at radius 2 is 2.04 bits per heavy atom. The normalized spacial score (nSPS) is 16.6. The van der Waals surface area contributed by atoms with Gasteiger partial charge in [0.05, 0.1) is 6.61 Å². The van der Waals surface area contributed by atoms with E-state index in [1.54, 1.807) is 7.11 Å². The molecule has 1 aliphatic carbocycles. The molecule has 0 saturated carbocycles. The zero-order valence-electron chi connectivity index (χ0n) is 16.6. The van der Waals surface area contributed by atoms with Crippen molar-refractivity contribution in [2.75, 3.05) is 20.3 Å². The standard InChI is InChI=1S/C21H32N2O2.ClH/c1-20(2)10-8-15(9-11-20)18-14-16(6-7-17(18)19(22)24)21(3,4)23-12-13-25-5;/h6-8,14,23H,9-13H2,1-5H3,(H2,22,24);1H. The third kappa shape index (κ3) is 5.57. The van der Waals surface area contributed by atoms with Crippen molar-refractivity contribution in [3.05, 3.63) is 41.0 Å². The molecule has 0 bridgehead atoms. The number of nitrogens with one attached hydrogen (secondary N) is 1. The molecule has 2 rings (SSSR count). The number of methoxy groups -OCH3 is 1. The molecule has 1 aromatic carbocycles. The number of carbonyl (C=O) groups excluding carboxylic acids is 1. The smallest absolute Gasteiger partial charge is 0.249 e. The fraction of sp³-hybridized carbons (Fsp3) is 0.571. The van der Waals surface area contributed by atoms with Gasteiger partial charge in [0.15, 0.2) is 0 Å². The van der Waals surface area contributed by atoms with Crippen molar-refractivity contribution in [3.8, 4) is 0 Å². The SMILES string of the molecule is COCCNC(C)(C)c1ccc(C(N)=O)c(C2=CCC(C)(C)CC2)c1.Cl. The minimum absolute atomic E-state index is 0. The number of hydrogen-bond acceptors (Lipinski definition) is 3. The summed E-state index contributed by atoms with van der Waals surface area (Å²) in [5, 5.41) is 3.51. The van der Waals surface area contributed by atoms with E-state index in [1.165, 1.54) is 5.57 Å². The first kappa shape index (κ1) is 22.7. The number of ether oxygens (including phenoxy) is 1. The van der Waals surface area contributed by atoms with Crippen molar-refractivity contribution in [1.82, 2.24) is 5.32 Å². The van der Waals surface area contributed by atoms with Gasteiger partial charge in [0.1, 0.15) is 0 Å². The second-order valence-corrected chi connectivity index (χ2v) is 8.27. The maximum Gasteiger partial charge on any atom is 0.249 e. The molecule has 0 atom stereocenters. The quantitative estimate of drug-likeness (QED) is 0.694. The van der Waals surface area contributed by atoms with Gasteiger partial charge in [0, 0.05) is 24.8 Å². The Labute approximate surface area is 164 Å². The van der Waals surface area contributed by atoms with Crippen LogP contribution >= 0.6 is 12.4 Å². The molecular weight excluding hydrogens is 348 g/mol. The summed E-state index contributed by atoms with van der Waals surface area (Å²) >= 11 is 0. The lowest BCUT2D eigenvalue weighted by Crippen LogP contribution is -2.38. The van der Waals surface area contributed by atoms with Gasteiger partial charge in [0.2, 0.25) is 5.91 Å². The summed E-state index contributed by atoms with van der Waals surface area (Å²) in [7, 11) is 1.70. The first-order valence-electron chi connectivity index (χ1n) is 9.04. The summed E-state index contributed by atoms with van der Waals surface area (Å²) in [5.41, 5.74) is 9.74. The van der Waals surface area contributed by atoms with Crippen LogP contribution in [0.4, 0.5) is 0 Å². The fourth-order valence-electron chi connectivity index (χ4n) is 3.30. The number of allylic oxidation sites excluding steroid dienone is 2. The minimum Gasteiger partial charge on any atom is -0.383 e. The van der Waals surface area contributed by atoms with Gasteiger partial charge in [-0.25, -0.2) is 0 Å². The molecule has 1 amide bonds. The highest BCUT2D eigenvalue weighted by molar-refractivity contribution is 5.98. The summed E-state index contributed by atoms with van der Waals surface area (Å²) in [6.07, 6.45) is 5.41. The lowest BCUT2D eigenvalue weighted by molar-refractivity contribution is 0.1000. The van der Waals surface area contributed by atoms with Gasteiger partial charge >= 0.3 is 0 Å². The number of rotatable bonds is 7. The van der Waals surface area contributed by atoms with Gasteiger partial charge in [-0.1, -0.05) is 26.0 Å². The zero-order valence-corrected chi connectivity index (χ0v) is 17.5. The van der Waals surface area contributed by atoms with E-state index >= 15 is 0 Å². The Kier molecular flexibility index (Phi) is 7.87. The van der Waals surface area contributed by atoms with Crippen molar-refractivity contribution in [2.24, 2.45) is 11.1 Å². The minimum atomic E-state index is -0.363. The summed E-state index contributed by atoms with van der Waals surface area (Å²) in [6, 6.07) is 5.99. The summed E-state index contributed by atoms with van der Waals surface area (Å²) in [5.74, 6) is -0.363. The third-order valence-corrected chi connectivity index (χ3v) is 5.20. The van der Waals surface area contributed by atoms with E-state index in [4.69, 9.17) is 10.5 Å². The Balaban J connectivity index is 0.00000338. The van der Waals surface area contributed by atoms with Crippen molar-refractivity contribution >= 4 is 23.9 Å². The number of carbonyl (C=O) groups is 1. The number of halogens is 1. The summed E-state index contributed by atoms with van der Waals surface area (Å²) < 4.78 is 5.13. The highest BCUT2D eigenvalue weighted by Crippen LogP contribution is 2.39. The number of nitrogens with two attached hydrogens (primary N) is 1. The molecule has 5 heteroatoms. The molecule has 0 aromatic heterocycles. The van der Waals surface area contributed by atoms with Crippen LogP contribution in [0.5, 0.6) is 0 Å². The summed E-state index contributed by atoms with van der Waals surface area (Å²) in [6.45, 7) is 10.3. The molecule has 0 unspecified atom stereocenters. The van der Waals surface area contributed by atoms with E-state index in [-0.39, 0.29) is 23.9 Å². The molecule has 0 radical (unpaired) electrons. The first-order chi connectivity index (χ1) is 11.7. The van der Waals surface area contributed by atoms with Crippen LogP contribution in [0.15, 0.2) is 24.3 Å². The van der Waals surface area contributed by atoms with Crippen LogP contribution in [-0.4, -0.2) is 26.2 Å². The third-order valence-electron chi connectivity index (χ3n) is 5.20. The zero-order chi connectivity index (χ0) is 18.7. The molecule has 26 heavy (non-hydrogen) atoms. The topological polar surface area (TPSA) is 64.3 Å². The van der Waals surface area contributed by atoms with Crippen molar-refractivity contribution in [3.63, 3.8) is 0 Å². The molecule has 146 valence electrons. The van der Waals surface area contributed by atoms with E-state index < -0.39 is 0 Å².